The van der Waals surface area contributed by atoms with Crippen molar-refractivity contribution in [3.8, 4) is 11.5 Å². The molecule has 7 heteroatoms. The molecule has 0 saturated heterocycles. The number of nitrogens with two attached hydrogens (primary N) is 2. The second-order valence-electron chi connectivity index (χ2n) is 14.8. The highest BCUT2D eigenvalue weighted by atomic mass is 16.5. The minimum absolute atomic E-state index is 0.0731. The van der Waals surface area contributed by atoms with Gasteiger partial charge in [0.25, 0.3) is 0 Å². The van der Waals surface area contributed by atoms with E-state index in [0.717, 1.165) is 68.4 Å². The lowest BCUT2D eigenvalue weighted by Crippen LogP contribution is -2.38. The topological polar surface area (TPSA) is 120 Å². The Bertz CT molecular complexity index is 1240. The number of fused-ring (bicyclic) bond motifs is 1. The van der Waals surface area contributed by atoms with Gasteiger partial charge in [-0.05, 0) is 124 Å². The molecule has 0 spiro atoms. The van der Waals surface area contributed by atoms with Crippen LogP contribution in [0.5, 0.6) is 11.5 Å². The van der Waals surface area contributed by atoms with E-state index in [0.29, 0.717) is 43.6 Å². The van der Waals surface area contributed by atoms with Gasteiger partial charge >= 0.3 is 0 Å². The molecule has 4 aliphatic rings. The number of methoxy groups -OCH3 is 1. The number of aryl methyl sites for hydroxylation is 1. The summed E-state index contributed by atoms with van der Waals surface area (Å²) in [4.78, 5) is 17.3. The smallest absolute Gasteiger partial charge is 0.185 e. The van der Waals surface area contributed by atoms with Gasteiger partial charge in [-0.2, -0.15) is 0 Å². The largest absolute Gasteiger partial charge is 0.504 e. The summed E-state index contributed by atoms with van der Waals surface area (Å²) < 4.78 is 12.4. The average Bonchev–Trinajstić information content (AvgIpc) is 3.75. The second-order valence-corrected chi connectivity index (χ2v) is 14.8. The normalized spacial score (nSPS) is 27.1. The van der Waals surface area contributed by atoms with Crippen LogP contribution in [-0.4, -0.2) is 43.2 Å². The molecule has 5 atom stereocenters. The van der Waals surface area contributed by atoms with Gasteiger partial charge in [-0.25, -0.2) is 0 Å². The summed E-state index contributed by atoms with van der Waals surface area (Å²) >= 11 is 0. The molecule has 5 N–H and O–H groups in total. The summed E-state index contributed by atoms with van der Waals surface area (Å²) in [5.74, 6) is 3.36. The number of aliphatic imine (C=N–C) groups is 1. The molecule has 3 saturated carbocycles. The lowest BCUT2D eigenvalue weighted by molar-refractivity contribution is -0.114. The molecule has 254 valence electrons. The third kappa shape index (κ3) is 9.17. The zero-order valence-electron chi connectivity index (χ0n) is 28.4. The summed E-state index contributed by atoms with van der Waals surface area (Å²) in [7, 11) is 1.77. The summed E-state index contributed by atoms with van der Waals surface area (Å²) in [5.41, 5.74) is 14.9. The van der Waals surface area contributed by atoms with Crippen LogP contribution in [0.2, 0.25) is 0 Å². The highest BCUT2D eigenvalue weighted by Gasteiger charge is 2.44. The minimum atomic E-state index is 0.0731. The average molecular weight is 634 g/mol. The maximum atomic E-state index is 13.0. The molecule has 4 aliphatic carbocycles. The van der Waals surface area contributed by atoms with Crippen molar-refractivity contribution in [2.24, 2.45) is 46.0 Å². The van der Waals surface area contributed by atoms with Crippen LogP contribution in [0.25, 0.3) is 0 Å². The van der Waals surface area contributed by atoms with E-state index in [9.17, 15) is 9.90 Å². The fourth-order valence-corrected chi connectivity index (χ4v) is 8.92. The molecule has 1 aromatic rings. The number of ether oxygens (including phenoxy) is 2. The highest BCUT2D eigenvalue weighted by Crippen LogP contribution is 2.55. The van der Waals surface area contributed by atoms with Gasteiger partial charge in [-0.15, -0.1) is 0 Å². The highest BCUT2D eigenvalue weighted by molar-refractivity contribution is 5.89. The van der Waals surface area contributed by atoms with Crippen molar-refractivity contribution in [3.05, 3.63) is 47.1 Å². The number of nitrogens with zero attached hydrogens (tertiary/aromatic N) is 1. The second kappa shape index (κ2) is 16.9. The number of rotatable bonds is 15. The van der Waals surface area contributed by atoms with Gasteiger partial charge in [0.1, 0.15) is 0 Å². The van der Waals surface area contributed by atoms with Crippen molar-refractivity contribution in [2.75, 3.05) is 20.3 Å². The number of hydrogen-bond donors (Lipinski definition) is 3. The standard InChI is InChI=1S/C39H59N3O4/c1-26-15-17-29-24-30(19-20-42-39(40)41)35(25-45-2)37(33(29)21-26)34-22-28(23-36(38(34)44)46-32-13-7-8-14-32)16-18-31(43)12-6-5-11-27-9-3-4-10-27/h6,12,22-24,26-27,30,32-33,35,37,44H,3-5,7-11,13-21,25H2,1-2H3,(H4,40,41,42)/t26-,30+,33+,35-,37+/m0/s1. The summed E-state index contributed by atoms with van der Waals surface area (Å²) in [6.45, 7) is 3.49. The molecule has 0 unspecified atom stereocenters. The van der Waals surface area contributed by atoms with Crippen LogP contribution in [0.4, 0.5) is 0 Å². The van der Waals surface area contributed by atoms with Crippen LogP contribution in [0.15, 0.2) is 40.9 Å². The monoisotopic (exact) mass is 633 g/mol. The molecular formula is C39H59N3O4. The van der Waals surface area contributed by atoms with E-state index in [1.54, 1.807) is 13.2 Å². The van der Waals surface area contributed by atoms with Gasteiger partial charge in [0.05, 0.1) is 12.7 Å². The molecule has 46 heavy (non-hydrogen) atoms. The van der Waals surface area contributed by atoms with E-state index in [-0.39, 0.29) is 41.3 Å². The van der Waals surface area contributed by atoms with E-state index < -0.39 is 0 Å². The fourth-order valence-electron chi connectivity index (χ4n) is 8.92. The molecule has 7 nitrogen and oxygen atoms in total. The van der Waals surface area contributed by atoms with Crippen molar-refractivity contribution in [1.29, 1.82) is 0 Å². The molecule has 5 rings (SSSR count). The predicted octanol–water partition coefficient (Wildman–Crippen LogP) is 7.74. The van der Waals surface area contributed by atoms with Gasteiger partial charge in [-0.1, -0.05) is 56.4 Å². The number of phenolic OH excluding ortho intramolecular Hbond substituents is 1. The van der Waals surface area contributed by atoms with Crippen molar-refractivity contribution in [2.45, 2.75) is 122 Å². The van der Waals surface area contributed by atoms with E-state index in [1.165, 1.54) is 44.1 Å². The molecular weight excluding hydrogens is 574 g/mol. The molecule has 0 aliphatic heterocycles. The van der Waals surface area contributed by atoms with Crippen molar-refractivity contribution in [1.82, 2.24) is 0 Å². The quantitative estimate of drug-likeness (QED) is 0.0786. The van der Waals surface area contributed by atoms with Gasteiger partial charge in [0.2, 0.25) is 0 Å². The van der Waals surface area contributed by atoms with Crippen LogP contribution in [-0.2, 0) is 16.0 Å². The summed E-state index contributed by atoms with van der Waals surface area (Å²) in [5, 5.41) is 12.0. The first-order valence-corrected chi connectivity index (χ1v) is 18.3. The maximum Gasteiger partial charge on any atom is 0.185 e. The number of ketones is 1. The first kappa shape index (κ1) is 34.5. The number of guanidine groups is 1. The first-order valence-electron chi connectivity index (χ1n) is 18.3. The van der Waals surface area contributed by atoms with Gasteiger partial charge in [-0.3, -0.25) is 9.79 Å². The van der Waals surface area contributed by atoms with Crippen LogP contribution < -0.4 is 16.2 Å². The van der Waals surface area contributed by atoms with Crippen molar-refractivity contribution >= 4 is 11.7 Å². The number of phenols is 1. The Balaban J connectivity index is 1.42. The number of allylic oxidation sites excluding steroid dienone is 4. The Morgan fingerprint density at radius 2 is 1.83 bits per heavy atom. The van der Waals surface area contributed by atoms with E-state index >= 15 is 0 Å². The van der Waals surface area contributed by atoms with Crippen LogP contribution in [0.3, 0.4) is 0 Å². The number of hydrogen-bond acceptors (Lipinski definition) is 5. The Morgan fingerprint density at radius 1 is 1.07 bits per heavy atom. The third-order valence-electron chi connectivity index (χ3n) is 11.3. The van der Waals surface area contributed by atoms with Crippen molar-refractivity contribution in [3.63, 3.8) is 0 Å². The number of aromatic hydroxyl groups is 1. The van der Waals surface area contributed by atoms with Gasteiger partial charge in [0, 0.05) is 25.6 Å². The zero-order valence-corrected chi connectivity index (χ0v) is 28.4. The summed E-state index contributed by atoms with van der Waals surface area (Å²) in [6, 6.07) is 4.18. The number of carbonyl (C=O) groups is 1. The fraction of sp³-hybridized carbons (Fsp3) is 0.692. The zero-order chi connectivity index (χ0) is 32.5. The minimum Gasteiger partial charge on any atom is -0.504 e. The number of carbonyl (C=O) groups excluding carboxylic acids is 1. The molecule has 1 aromatic carbocycles. The Labute approximate surface area is 277 Å². The van der Waals surface area contributed by atoms with Gasteiger partial charge in [0.15, 0.2) is 23.2 Å². The molecule has 0 radical (unpaired) electrons. The Morgan fingerprint density at radius 3 is 2.57 bits per heavy atom. The molecule has 0 aromatic heterocycles. The van der Waals surface area contributed by atoms with Crippen molar-refractivity contribution < 1.29 is 19.4 Å². The van der Waals surface area contributed by atoms with Crippen LogP contribution in [0, 0.1) is 29.6 Å². The summed E-state index contributed by atoms with van der Waals surface area (Å²) in [6.07, 6.45) is 23.6. The lowest BCUT2D eigenvalue weighted by atomic mass is 9.59. The van der Waals surface area contributed by atoms with E-state index in [1.807, 2.05) is 6.07 Å². The van der Waals surface area contributed by atoms with E-state index in [4.69, 9.17) is 20.9 Å². The predicted molar refractivity (Wildman–Crippen MR) is 186 cm³/mol. The Kier molecular flexibility index (Phi) is 12.6. The Hall–Kier alpha value is -2.80. The molecule has 0 amide bonds. The third-order valence-corrected chi connectivity index (χ3v) is 11.3. The van der Waals surface area contributed by atoms with Crippen LogP contribution in [0.1, 0.15) is 120 Å². The molecule has 3 fully saturated rings. The molecule has 0 bridgehead atoms. The van der Waals surface area contributed by atoms with Gasteiger partial charge < -0.3 is 26.0 Å². The first-order chi connectivity index (χ1) is 22.3. The maximum absolute atomic E-state index is 13.0. The van der Waals surface area contributed by atoms with Crippen LogP contribution >= 0.6 is 0 Å². The number of benzene rings is 1. The molecule has 0 heterocycles. The lowest BCUT2D eigenvalue weighted by Gasteiger charge is -2.46. The van der Waals surface area contributed by atoms with E-state index in [2.05, 4.69) is 30.1 Å². The SMILES string of the molecule is COC[C@@H]1[C@@H](c2cc(CCC(=O)C=CCCC3CCCC3)cc(OC3CCCC3)c2O)[C@@H]2C[C@@H](C)CCC2=C[C@H]1CCN=C(N)N.